The normalized spacial score (nSPS) is 19.1. The number of hydrogen-bond donors (Lipinski definition) is 1. The van der Waals surface area contributed by atoms with Gasteiger partial charge in [-0.15, -0.1) is 0 Å². The molecule has 2 aliphatic heterocycles. The van der Waals surface area contributed by atoms with Gasteiger partial charge in [-0.3, -0.25) is 14.5 Å². The van der Waals surface area contributed by atoms with Crippen LogP contribution in [0.4, 0.5) is 11.4 Å². The second kappa shape index (κ2) is 10.3. The molecular formula is C30H29ClN2O4. The first kappa shape index (κ1) is 24.9. The first-order valence-electron chi connectivity index (χ1n) is 12.5. The molecule has 3 aromatic carbocycles. The lowest BCUT2D eigenvalue weighted by Gasteiger charge is -2.26. The number of carbonyl (C=O) groups is 2. The highest BCUT2D eigenvalue weighted by molar-refractivity contribution is 6.52. The number of aryl methyl sites for hydroxylation is 1. The molecule has 7 heteroatoms. The molecular weight excluding hydrogens is 488 g/mol. The minimum Gasteiger partial charge on any atom is -0.507 e. The van der Waals surface area contributed by atoms with Gasteiger partial charge in [0.05, 0.1) is 23.2 Å². The third-order valence-electron chi connectivity index (χ3n) is 6.91. The van der Waals surface area contributed by atoms with Crippen molar-refractivity contribution < 1.29 is 19.4 Å². The Bertz CT molecular complexity index is 1380. The van der Waals surface area contributed by atoms with Crippen LogP contribution < -0.4 is 14.5 Å². The Hall–Kier alpha value is -3.77. The fourth-order valence-corrected chi connectivity index (χ4v) is 5.35. The van der Waals surface area contributed by atoms with Crippen LogP contribution in [-0.4, -0.2) is 36.5 Å². The molecule has 0 spiro atoms. The number of aliphatic hydroxyl groups excluding tert-OH is 1. The van der Waals surface area contributed by atoms with E-state index in [0.717, 1.165) is 42.7 Å². The molecule has 2 saturated heterocycles. The quantitative estimate of drug-likeness (QED) is 0.237. The summed E-state index contributed by atoms with van der Waals surface area (Å²) < 4.78 is 5.57. The van der Waals surface area contributed by atoms with Crippen molar-refractivity contribution in [3.05, 3.63) is 94.0 Å². The molecule has 2 fully saturated rings. The van der Waals surface area contributed by atoms with Crippen molar-refractivity contribution in [2.75, 3.05) is 29.5 Å². The fourth-order valence-electron chi connectivity index (χ4n) is 5.14. The van der Waals surface area contributed by atoms with Gasteiger partial charge in [-0.25, -0.2) is 0 Å². The second-order valence-corrected chi connectivity index (χ2v) is 9.78. The third-order valence-corrected chi connectivity index (χ3v) is 7.23. The number of nitrogens with zero attached hydrogens (tertiary/aromatic N) is 2. The van der Waals surface area contributed by atoms with Crippen LogP contribution in [0.15, 0.2) is 72.3 Å². The number of ether oxygens (including phenoxy) is 1. The molecule has 5 rings (SSSR count). The molecule has 1 atom stereocenters. The van der Waals surface area contributed by atoms with Gasteiger partial charge in [0.1, 0.15) is 11.5 Å². The Morgan fingerprint density at radius 1 is 1.00 bits per heavy atom. The van der Waals surface area contributed by atoms with E-state index in [2.05, 4.69) is 4.90 Å². The van der Waals surface area contributed by atoms with Crippen molar-refractivity contribution >= 4 is 40.4 Å². The molecule has 1 unspecified atom stereocenters. The number of rotatable bonds is 6. The van der Waals surface area contributed by atoms with Crippen molar-refractivity contribution in [3.63, 3.8) is 0 Å². The van der Waals surface area contributed by atoms with Gasteiger partial charge in [0.25, 0.3) is 11.7 Å². The zero-order chi connectivity index (χ0) is 26.1. The summed E-state index contributed by atoms with van der Waals surface area (Å²) in [6.07, 6.45) is 2.33. The van der Waals surface area contributed by atoms with E-state index in [4.69, 9.17) is 16.3 Å². The third kappa shape index (κ3) is 4.69. The van der Waals surface area contributed by atoms with Crippen LogP contribution >= 0.6 is 11.6 Å². The molecule has 190 valence electrons. The molecule has 0 saturated carbocycles. The summed E-state index contributed by atoms with van der Waals surface area (Å²) in [7, 11) is 0. The lowest BCUT2D eigenvalue weighted by molar-refractivity contribution is -0.132. The highest BCUT2D eigenvalue weighted by atomic mass is 35.5. The zero-order valence-electron chi connectivity index (χ0n) is 20.9. The van der Waals surface area contributed by atoms with Gasteiger partial charge in [-0.05, 0) is 74.7 Å². The molecule has 1 N–H and O–H groups in total. The molecule has 3 aromatic rings. The van der Waals surface area contributed by atoms with Crippen LogP contribution in [-0.2, 0) is 9.59 Å². The van der Waals surface area contributed by atoms with E-state index in [-0.39, 0.29) is 21.9 Å². The number of hydrogen-bond acceptors (Lipinski definition) is 5. The number of amides is 1. The lowest BCUT2D eigenvalue weighted by Crippen LogP contribution is -2.29. The van der Waals surface area contributed by atoms with E-state index in [9.17, 15) is 14.7 Å². The first-order chi connectivity index (χ1) is 17.9. The predicted molar refractivity (Wildman–Crippen MR) is 146 cm³/mol. The highest BCUT2D eigenvalue weighted by Crippen LogP contribution is 2.44. The van der Waals surface area contributed by atoms with Gasteiger partial charge >= 0.3 is 0 Å². The number of aliphatic hydroxyl groups is 1. The van der Waals surface area contributed by atoms with Crippen LogP contribution in [0.25, 0.3) is 5.76 Å². The number of benzene rings is 3. The molecule has 0 radical (unpaired) electrons. The maximum atomic E-state index is 13.5. The first-order valence-corrected chi connectivity index (χ1v) is 12.9. The summed E-state index contributed by atoms with van der Waals surface area (Å²) in [6.45, 7) is 6.25. The smallest absolute Gasteiger partial charge is 0.300 e. The largest absolute Gasteiger partial charge is 0.507 e. The van der Waals surface area contributed by atoms with Gasteiger partial charge in [-0.1, -0.05) is 41.4 Å². The Balaban J connectivity index is 1.65. The molecule has 2 heterocycles. The van der Waals surface area contributed by atoms with Gasteiger partial charge in [0.15, 0.2) is 0 Å². The Morgan fingerprint density at radius 2 is 1.70 bits per heavy atom. The van der Waals surface area contributed by atoms with E-state index in [1.54, 1.807) is 18.2 Å². The summed E-state index contributed by atoms with van der Waals surface area (Å²) in [5.41, 5.74) is 3.61. The summed E-state index contributed by atoms with van der Waals surface area (Å²) in [6, 6.07) is 19.4. The monoisotopic (exact) mass is 516 g/mol. The Morgan fingerprint density at radius 3 is 2.38 bits per heavy atom. The van der Waals surface area contributed by atoms with Crippen LogP contribution in [0.5, 0.6) is 5.75 Å². The minimum atomic E-state index is -0.815. The van der Waals surface area contributed by atoms with E-state index in [1.165, 1.54) is 4.90 Å². The molecule has 0 aliphatic carbocycles. The van der Waals surface area contributed by atoms with Gasteiger partial charge in [0, 0.05) is 30.0 Å². The van der Waals surface area contributed by atoms with Crippen LogP contribution in [0.2, 0.25) is 5.02 Å². The van der Waals surface area contributed by atoms with Crippen LogP contribution in [0.3, 0.4) is 0 Å². The summed E-state index contributed by atoms with van der Waals surface area (Å²) >= 11 is 6.44. The van der Waals surface area contributed by atoms with Crippen molar-refractivity contribution in [1.29, 1.82) is 0 Å². The molecule has 0 bridgehead atoms. The molecule has 37 heavy (non-hydrogen) atoms. The molecule has 6 nitrogen and oxygen atoms in total. The Kier molecular flexibility index (Phi) is 6.94. The summed E-state index contributed by atoms with van der Waals surface area (Å²) in [5, 5.41) is 11.7. The fraction of sp³-hybridized carbons (Fsp3) is 0.267. The van der Waals surface area contributed by atoms with Crippen molar-refractivity contribution in [2.45, 2.75) is 32.7 Å². The summed E-state index contributed by atoms with van der Waals surface area (Å²) in [5.74, 6) is -1.27. The van der Waals surface area contributed by atoms with Gasteiger partial charge in [0.2, 0.25) is 0 Å². The van der Waals surface area contributed by atoms with Crippen molar-refractivity contribution in [2.24, 2.45) is 0 Å². The average Bonchev–Trinajstić information content (AvgIpc) is 3.52. The number of halogens is 1. The molecule has 0 aromatic heterocycles. The summed E-state index contributed by atoms with van der Waals surface area (Å²) in [4.78, 5) is 30.7. The number of ketones is 1. The number of carbonyl (C=O) groups excluding carboxylic acids is 2. The van der Waals surface area contributed by atoms with Gasteiger partial charge < -0.3 is 14.7 Å². The second-order valence-electron chi connectivity index (χ2n) is 9.37. The molecule has 1 amide bonds. The Labute approximate surface area is 221 Å². The minimum absolute atomic E-state index is 0.00484. The maximum absolute atomic E-state index is 13.5. The standard InChI is InChI=1S/C30H29ClN2O4/c1-3-37-23-13-14-25(31)24(18-23)28(34)26-27(20-8-6-7-19(2)17-20)33(30(36)29(26)35)22-11-9-21(10-12-22)32-15-4-5-16-32/h6-14,17-18,27,34H,3-5,15-16H2,1-2H3/b28-26+. The number of Topliss-reactive ketones (excluding diaryl/α,β-unsaturated/α-hetero) is 1. The van der Waals surface area contributed by atoms with Crippen molar-refractivity contribution in [3.8, 4) is 5.75 Å². The highest BCUT2D eigenvalue weighted by Gasteiger charge is 2.47. The topological polar surface area (TPSA) is 70.1 Å². The SMILES string of the molecule is CCOc1ccc(Cl)c(/C(O)=C2\C(=O)C(=O)N(c3ccc(N4CCCC4)cc3)C2c2cccc(C)c2)c1. The van der Waals surface area contributed by atoms with Crippen LogP contribution in [0.1, 0.15) is 42.5 Å². The van der Waals surface area contributed by atoms with Crippen LogP contribution in [0, 0.1) is 6.92 Å². The van der Waals surface area contributed by atoms with E-state index < -0.39 is 17.7 Å². The van der Waals surface area contributed by atoms with E-state index >= 15 is 0 Å². The molecule has 2 aliphatic rings. The maximum Gasteiger partial charge on any atom is 0.300 e. The zero-order valence-corrected chi connectivity index (χ0v) is 21.7. The van der Waals surface area contributed by atoms with E-state index in [0.29, 0.717) is 18.0 Å². The predicted octanol–water partition coefficient (Wildman–Crippen LogP) is 6.27. The average molecular weight is 517 g/mol. The van der Waals surface area contributed by atoms with E-state index in [1.807, 2.05) is 62.4 Å². The number of anilines is 2. The van der Waals surface area contributed by atoms with Crippen molar-refractivity contribution in [1.82, 2.24) is 0 Å². The van der Waals surface area contributed by atoms with Gasteiger partial charge in [-0.2, -0.15) is 0 Å². The lowest BCUT2D eigenvalue weighted by atomic mass is 9.94.